The molecule has 2 aromatic carbocycles. The molecule has 2 aromatic rings. The quantitative estimate of drug-likeness (QED) is 0.792. The molecule has 0 radical (unpaired) electrons. The minimum Gasteiger partial charge on any atom is -0.338 e. The van der Waals surface area contributed by atoms with Gasteiger partial charge in [0.2, 0.25) is 11.8 Å². The molecule has 5 heteroatoms. The smallest absolute Gasteiger partial charge is 0.228 e. The molecule has 3 rings (SSSR count). The standard InChI is InChI=1S/C22H23N3O2/c1-2-12-24(15-18-10-8-17(14-23)9-11-18)22(27)19-13-21(26)25(16-19)20-6-4-3-5-7-20/h3-11,19H,2,12-13,15-16H2,1H3. The number of rotatable bonds is 6. The van der Waals surface area contributed by atoms with Gasteiger partial charge in [-0.15, -0.1) is 0 Å². The molecule has 1 atom stereocenters. The van der Waals surface area contributed by atoms with Crippen LogP contribution in [0.25, 0.3) is 0 Å². The van der Waals surface area contributed by atoms with E-state index in [0.29, 0.717) is 25.2 Å². The van der Waals surface area contributed by atoms with E-state index in [1.165, 1.54) is 0 Å². The van der Waals surface area contributed by atoms with Crippen molar-refractivity contribution in [3.05, 3.63) is 65.7 Å². The third kappa shape index (κ3) is 4.35. The molecule has 0 saturated carbocycles. The summed E-state index contributed by atoms with van der Waals surface area (Å²) >= 11 is 0. The van der Waals surface area contributed by atoms with Crippen molar-refractivity contribution in [1.29, 1.82) is 5.26 Å². The molecule has 138 valence electrons. The maximum Gasteiger partial charge on any atom is 0.228 e. The molecule has 0 spiro atoms. The van der Waals surface area contributed by atoms with Crippen LogP contribution in [0, 0.1) is 17.2 Å². The molecule has 0 bridgehead atoms. The topological polar surface area (TPSA) is 64.4 Å². The zero-order valence-electron chi connectivity index (χ0n) is 15.5. The highest BCUT2D eigenvalue weighted by Gasteiger charge is 2.37. The summed E-state index contributed by atoms with van der Waals surface area (Å²) in [5, 5.41) is 8.92. The second-order valence-electron chi connectivity index (χ2n) is 6.81. The van der Waals surface area contributed by atoms with Crippen molar-refractivity contribution in [3.63, 3.8) is 0 Å². The first-order valence-corrected chi connectivity index (χ1v) is 9.25. The van der Waals surface area contributed by atoms with Crippen molar-refractivity contribution in [1.82, 2.24) is 4.90 Å². The highest BCUT2D eigenvalue weighted by atomic mass is 16.2. The van der Waals surface area contributed by atoms with Crippen LogP contribution < -0.4 is 4.90 Å². The van der Waals surface area contributed by atoms with Crippen molar-refractivity contribution in [2.24, 2.45) is 5.92 Å². The van der Waals surface area contributed by atoms with E-state index in [1.807, 2.05) is 54.3 Å². The molecule has 1 aliphatic rings. The van der Waals surface area contributed by atoms with Crippen LogP contribution in [-0.4, -0.2) is 29.8 Å². The number of hydrogen-bond acceptors (Lipinski definition) is 3. The Kier molecular flexibility index (Phi) is 5.87. The Morgan fingerprint density at radius 3 is 2.52 bits per heavy atom. The van der Waals surface area contributed by atoms with Crippen molar-refractivity contribution in [3.8, 4) is 6.07 Å². The summed E-state index contributed by atoms with van der Waals surface area (Å²) in [5.41, 5.74) is 2.43. The van der Waals surface area contributed by atoms with Crippen LogP contribution in [0.15, 0.2) is 54.6 Å². The number of carbonyl (C=O) groups excluding carboxylic acids is 2. The summed E-state index contributed by atoms with van der Waals surface area (Å²) in [6.07, 6.45) is 1.10. The van der Waals surface area contributed by atoms with E-state index in [9.17, 15) is 9.59 Å². The average molecular weight is 361 g/mol. The maximum atomic E-state index is 13.1. The van der Waals surface area contributed by atoms with E-state index in [-0.39, 0.29) is 24.2 Å². The highest BCUT2D eigenvalue weighted by Crippen LogP contribution is 2.26. The van der Waals surface area contributed by atoms with Gasteiger partial charge in [0.25, 0.3) is 0 Å². The molecule has 1 unspecified atom stereocenters. The van der Waals surface area contributed by atoms with Crippen molar-refractivity contribution >= 4 is 17.5 Å². The van der Waals surface area contributed by atoms with Gasteiger partial charge in [0.05, 0.1) is 17.6 Å². The fourth-order valence-corrected chi connectivity index (χ4v) is 3.43. The fraction of sp³-hybridized carbons (Fsp3) is 0.318. The van der Waals surface area contributed by atoms with E-state index < -0.39 is 0 Å². The third-order valence-corrected chi connectivity index (χ3v) is 4.80. The second-order valence-corrected chi connectivity index (χ2v) is 6.81. The Morgan fingerprint density at radius 1 is 1.19 bits per heavy atom. The van der Waals surface area contributed by atoms with Gasteiger partial charge < -0.3 is 9.80 Å². The lowest BCUT2D eigenvalue weighted by molar-refractivity contribution is -0.136. The first-order chi connectivity index (χ1) is 13.1. The Balaban J connectivity index is 1.71. The van der Waals surface area contributed by atoms with Gasteiger partial charge in [-0.3, -0.25) is 9.59 Å². The van der Waals surface area contributed by atoms with Crippen LogP contribution >= 0.6 is 0 Å². The number of nitriles is 1. The van der Waals surface area contributed by atoms with Gasteiger partial charge in [-0.25, -0.2) is 0 Å². The number of benzene rings is 2. The van der Waals surface area contributed by atoms with Gasteiger partial charge in [-0.05, 0) is 36.2 Å². The van der Waals surface area contributed by atoms with Gasteiger partial charge >= 0.3 is 0 Å². The molecular formula is C22H23N3O2. The lowest BCUT2D eigenvalue weighted by Gasteiger charge is -2.25. The lowest BCUT2D eigenvalue weighted by Crippen LogP contribution is -2.37. The minimum absolute atomic E-state index is 0.00521. The second kappa shape index (κ2) is 8.50. The van der Waals surface area contributed by atoms with Crippen LogP contribution in [0.3, 0.4) is 0 Å². The van der Waals surface area contributed by atoms with Crippen molar-refractivity contribution in [2.45, 2.75) is 26.3 Å². The van der Waals surface area contributed by atoms with Crippen LogP contribution in [-0.2, 0) is 16.1 Å². The van der Waals surface area contributed by atoms with Crippen molar-refractivity contribution < 1.29 is 9.59 Å². The van der Waals surface area contributed by atoms with Crippen LogP contribution in [0.4, 0.5) is 5.69 Å². The maximum absolute atomic E-state index is 13.1. The van der Waals surface area contributed by atoms with Crippen LogP contribution in [0.5, 0.6) is 0 Å². The molecule has 5 nitrogen and oxygen atoms in total. The van der Waals surface area contributed by atoms with E-state index in [1.54, 1.807) is 17.0 Å². The predicted molar refractivity (Wildman–Crippen MR) is 104 cm³/mol. The largest absolute Gasteiger partial charge is 0.338 e. The molecule has 1 aliphatic heterocycles. The summed E-state index contributed by atoms with van der Waals surface area (Å²) in [4.78, 5) is 29.0. The Hall–Kier alpha value is -3.13. The van der Waals surface area contributed by atoms with Gasteiger partial charge in [0.15, 0.2) is 0 Å². The van der Waals surface area contributed by atoms with Crippen LogP contribution in [0.2, 0.25) is 0 Å². The minimum atomic E-state index is -0.317. The molecule has 1 fully saturated rings. The van der Waals surface area contributed by atoms with E-state index in [2.05, 4.69) is 6.07 Å². The van der Waals surface area contributed by atoms with Gasteiger partial charge in [0, 0.05) is 31.7 Å². The summed E-state index contributed by atoms with van der Waals surface area (Å²) in [5.74, 6) is -0.301. The zero-order chi connectivity index (χ0) is 19.2. The molecule has 0 aliphatic carbocycles. The Labute approximate surface area is 159 Å². The highest BCUT2D eigenvalue weighted by molar-refractivity contribution is 6.00. The summed E-state index contributed by atoms with van der Waals surface area (Å²) in [6, 6.07) is 18.9. The first kappa shape index (κ1) is 18.7. The lowest BCUT2D eigenvalue weighted by atomic mass is 10.1. The van der Waals surface area contributed by atoms with E-state index in [4.69, 9.17) is 5.26 Å². The summed E-state index contributed by atoms with van der Waals surface area (Å²) in [7, 11) is 0. The summed E-state index contributed by atoms with van der Waals surface area (Å²) < 4.78 is 0. The van der Waals surface area contributed by atoms with E-state index in [0.717, 1.165) is 17.7 Å². The SMILES string of the molecule is CCCN(Cc1ccc(C#N)cc1)C(=O)C1CC(=O)N(c2ccccc2)C1. The molecule has 1 heterocycles. The third-order valence-electron chi connectivity index (χ3n) is 4.80. The first-order valence-electron chi connectivity index (χ1n) is 9.25. The molecular weight excluding hydrogens is 338 g/mol. The number of nitrogens with zero attached hydrogens (tertiary/aromatic N) is 3. The number of para-hydroxylation sites is 1. The summed E-state index contributed by atoms with van der Waals surface area (Å²) in [6.45, 7) is 3.60. The molecule has 27 heavy (non-hydrogen) atoms. The fourth-order valence-electron chi connectivity index (χ4n) is 3.43. The number of anilines is 1. The molecule has 0 N–H and O–H groups in total. The van der Waals surface area contributed by atoms with Gasteiger partial charge in [-0.2, -0.15) is 5.26 Å². The Morgan fingerprint density at radius 2 is 1.89 bits per heavy atom. The number of amides is 2. The molecule has 0 aromatic heterocycles. The van der Waals surface area contributed by atoms with Gasteiger partial charge in [-0.1, -0.05) is 37.3 Å². The van der Waals surface area contributed by atoms with Crippen LogP contribution in [0.1, 0.15) is 30.9 Å². The van der Waals surface area contributed by atoms with Gasteiger partial charge in [0.1, 0.15) is 0 Å². The number of carbonyl (C=O) groups is 2. The Bertz CT molecular complexity index is 840. The van der Waals surface area contributed by atoms with E-state index >= 15 is 0 Å². The number of hydrogen-bond donors (Lipinski definition) is 0. The van der Waals surface area contributed by atoms with Crippen molar-refractivity contribution in [2.75, 3.05) is 18.0 Å². The predicted octanol–water partition coefficient (Wildman–Crippen LogP) is 3.35. The molecule has 1 saturated heterocycles. The average Bonchev–Trinajstić information content (AvgIpc) is 3.10. The normalized spacial score (nSPS) is 16.2. The molecule has 2 amide bonds. The zero-order valence-corrected chi connectivity index (χ0v) is 15.5. The monoisotopic (exact) mass is 361 g/mol.